The van der Waals surface area contributed by atoms with Crippen LogP contribution in [0.1, 0.15) is 24.0 Å². The van der Waals surface area contributed by atoms with Crippen LogP contribution in [-0.2, 0) is 6.54 Å². The molecule has 27 heavy (non-hydrogen) atoms. The van der Waals surface area contributed by atoms with Gasteiger partial charge in [-0.15, -0.1) is 0 Å². The summed E-state index contributed by atoms with van der Waals surface area (Å²) in [5.41, 5.74) is 4.37. The lowest BCUT2D eigenvalue weighted by atomic mass is 10.1. The average Bonchev–Trinajstić information content (AvgIpc) is 2.70. The Morgan fingerprint density at radius 2 is 1.96 bits per heavy atom. The van der Waals surface area contributed by atoms with Gasteiger partial charge in [0.1, 0.15) is 5.75 Å². The molecule has 2 aliphatic rings. The van der Waals surface area contributed by atoms with E-state index in [0.29, 0.717) is 12.6 Å². The zero-order valence-corrected chi connectivity index (χ0v) is 15.3. The Balaban J connectivity index is 1.62. The monoisotopic (exact) mass is 360 g/mol. The van der Waals surface area contributed by atoms with Crippen molar-refractivity contribution in [2.75, 3.05) is 25.0 Å². The molecule has 2 N–H and O–H groups in total. The summed E-state index contributed by atoms with van der Waals surface area (Å²) in [5.74, 6) is 1.55. The predicted octanol–water partition coefficient (Wildman–Crippen LogP) is 3.78. The lowest BCUT2D eigenvalue weighted by Gasteiger charge is -2.15. The molecule has 2 aromatic carbocycles. The molecule has 2 aromatic rings. The summed E-state index contributed by atoms with van der Waals surface area (Å²) >= 11 is 0. The number of hydrogen-bond donors (Lipinski definition) is 2. The molecule has 5 heteroatoms. The fourth-order valence-electron chi connectivity index (χ4n) is 3.16. The molecule has 0 amide bonds. The fourth-order valence-corrected chi connectivity index (χ4v) is 3.16. The Morgan fingerprint density at radius 3 is 2.96 bits per heavy atom. The van der Waals surface area contributed by atoms with Gasteiger partial charge in [-0.3, -0.25) is 4.99 Å². The molecule has 0 fully saturated rings. The Morgan fingerprint density at radius 1 is 1.00 bits per heavy atom. The van der Waals surface area contributed by atoms with Crippen molar-refractivity contribution < 1.29 is 4.74 Å². The first-order valence-corrected chi connectivity index (χ1v) is 9.44. The predicted molar refractivity (Wildman–Crippen MR) is 111 cm³/mol. The number of hydrogen-bond acceptors (Lipinski definition) is 5. The molecule has 0 radical (unpaired) electrons. The number of rotatable bonds is 0. The van der Waals surface area contributed by atoms with Crippen LogP contribution in [-0.4, -0.2) is 31.4 Å². The van der Waals surface area contributed by atoms with E-state index >= 15 is 0 Å². The molecule has 2 heterocycles. The van der Waals surface area contributed by atoms with Crippen molar-refractivity contribution in [3.63, 3.8) is 0 Å². The van der Waals surface area contributed by atoms with E-state index in [4.69, 9.17) is 9.73 Å². The van der Waals surface area contributed by atoms with Crippen LogP contribution in [0.15, 0.2) is 70.7 Å². The van der Waals surface area contributed by atoms with Gasteiger partial charge in [0.25, 0.3) is 0 Å². The van der Waals surface area contributed by atoms with Gasteiger partial charge in [0.05, 0.1) is 12.3 Å². The Kier molecular flexibility index (Phi) is 5.60. The van der Waals surface area contributed by atoms with E-state index in [9.17, 15) is 0 Å². The van der Waals surface area contributed by atoms with E-state index in [0.717, 1.165) is 55.2 Å². The van der Waals surface area contributed by atoms with Crippen LogP contribution in [0.4, 0.5) is 5.69 Å². The van der Waals surface area contributed by atoms with Crippen molar-refractivity contribution in [1.82, 2.24) is 5.32 Å². The minimum atomic E-state index is 0.664. The van der Waals surface area contributed by atoms with Crippen molar-refractivity contribution in [1.29, 1.82) is 0 Å². The topological polar surface area (TPSA) is 58.0 Å². The van der Waals surface area contributed by atoms with Gasteiger partial charge in [0.2, 0.25) is 5.96 Å². The lowest BCUT2D eigenvalue weighted by Crippen LogP contribution is -2.19. The fraction of sp³-hybridized carbons (Fsp3) is 0.273. The average molecular weight is 360 g/mol. The first-order valence-electron chi connectivity index (χ1n) is 9.44. The van der Waals surface area contributed by atoms with Gasteiger partial charge in [0.15, 0.2) is 0 Å². The van der Waals surface area contributed by atoms with Gasteiger partial charge < -0.3 is 15.4 Å². The van der Waals surface area contributed by atoms with E-state index in [-0.39, 0.29) is 0 Å². The largest absolute Gasteiger partial charge is 0.493 e. The molecule has 6 bridgehead atoms. The molecule has 0 aromatic heterocycles. The third kappa shape index (κ3) is 4.83. The molecule has 0 saturated heterocycles. The van der Waals surface area contributed by atoms with Crippen molar-refractivity contribution in [2.45, 2.75) is 19.4 Å². The molecule has 5 nitrogen and oxygen atoms in total. The quantitative estimate of drug-likeness (QED) is 0.703. The second-order valence-electron chi connectivity index (χ2n) is 6.61. The molecule has 0 aliphatic carbocycles. The third-order valence-electron chi connectivity index (χ3n) is 4.51. The van der Waals surface area contributed by atoms with Gasteiger partial charge >= 0.3 is 0 Å². The first-order chi connectivity index (χ1) is 13.4. The lowest BCUT2D eigenvalue weighted by molar-refractivity contribution is 0.325. The molecule has 0 spiro atoms. The number of nitrogens with zero attached hydrogens (tertiary/aromatic N) is 2. The highest BCUT2D eigenvalue weighted by molar-refractivity contribution is 6.11. The van der Waals surface area contributed by atoms with Gasteiger partial charge in [-0.1, -0.05) is 36.4 Å². The van der Waals surface area contributed by atoms with Crippen molar-refractivity contribution in [3.8, 4) is 5.75 Å². The van der Waals surface area contributed by atoms with Crippen LogP contribution >= 0.6 is 0 Å². The van der Waals surface area contributed by atoms with Gasteiger partial charge in [-0.2, -0.15) is 0 Å². The Hall–Kier alpha value is -2.92. The number of nitrogens with one attached hydrogen (secondary N) is 2. The van der Waals surface area contributed by atoms with Crippen LogP contribution < -0.4 is 15.4 Å². The number of benzene rings is 2. The summed E-state index contributed by atoms with van der Waals surface area (Å²) in [5, 5.41) is 6.79. The summed E-state index contributed by atoms with van der Waals surface area (Å²) in [6.07, 6.45) is 6.04. The van der Waals surface area contributed by atoms with E-state index in [2.05, 4.69) is 58.1 Å². The summed E-state index contributed by atoms with van der Waals surface area (Å²) in [6, 6.07) is 16.5. The second kappa shape index (κ2) is 8.64. The van der Waals surface area contributed by atoms with Crippen LogP contribution in [0.5, 0.6) is 5.75 Å². The highest BCUT2D eigenvalue weighted by Gasteiger charge is 2.12. The highest BCUT2D eigenvalue weighted by Crippen LogP contribution is 2.18. The van der Waals surface area contributed by atoms with Crippen molar-refractivity contribution in [2.24, 2.45) is 9.98 Å². The molecule has 0 atom stereocenters. The molecular weight excluding hydrogens is 336 g/mol. The van der Waals surface area contributed by atoms with Crippen LogP contribution in [0.2, 0.25) is 0 Å². The SMILES string of the molecule is C1=CCNCc2cccc(c2)NC2=NCCC(=N2)c2cccc(c2)OCC1. The van der Waals surface area contributed by atoms with Crippen molar-refractivity contribution in [3.05, 3.63) is 71.8 Å². The minimum Gasteiger partial charge on any atom is -0.493 e. The molecule has 138 valence electrons. The highest BCUT2D eigenvalue weighted by atomic mass is 16.5. The van der Waals surface area contributed by atoms with E-state index in [1.807, 2.05) is 18.2 Å². The normalized spacial score (nSPS) is 17.5. The molecular formula is C22H24N4O. The first kappa shape index (κ1) is 17.5. The molecule has 4 rings (SSSR count). The number of ether oxygens (including phenoxy) is 1. The summed E-state index contributed by atoms with van der Waals surface area (Å²) in [6.45, 7) is 3.07. The number of anilines is 1. The second-order valence-corrected chi connectivity index (χ2v) is 6.61. The van der Waals surface area contributed by atoms with Gasteiger partial charge in [0, 0.05) is 31.7 Å². The summed E-state index contributed by atoms with van der Waals surface area (Å²) in [4.78, 5) is 9.28. The standard InChI is InChI=1S/C22H24N4O/c1-2-11-23-16-17-6-4-8-19(14-17)25-22-24-12-10-21(26-22)18-7-5-9-20(15-18)27-13-3-1/h1-2,4-9,14-15,23H,3,10-13,16H2,(H,24,25). The number of aliphatic imine (C=N–C) groups is 2. The summed E-state index contributed by atoms with van der Waals surface area (Å²) < 4.78 is 5.89. The maximum atomic E-state index is 5.89. The van der Waals surface area contributed by atoms with Gasteiger partial charge in [-0.25, -0.2) is 4.99 Å². The maximum absolute atomic E-state index is 5.89. The zero-order chi connectivity index (χ0) is 18.3. The molecule has 0 saturated carbocycles. The Bertz CT molecular complexity index is 885. The zero-order valence-electron chi connectivity index (χ0n) is 15.3. The summed E-state index contributed by atoms with van der Waals surface area (Å²) in [7, 11) is 0. The molecule has 2 aliphatic heterocycles. The third-order valence-corrected chi connectivity index (χ3v) is 4.51. The smallest absolute Gasteiger partial charge is 0.222 e. The van der Waals surface area contributed by atoms with Crippen molar-refractivity contribution >= 4 is 17.4 Å². The van der Waals surface area contributed by atoms with E-state index in [1.165, 1.54) is 5.56 Å². The van der Waals surface area contributed by atoms with Crippen LogP contribution in [0.3, 0.4) is 0 Å². The van der Waals surface area contributed by atoms with Crippen LogP contribution in [0.25, 0.3) is 0 Å². The Labute approximate surface area is 159 Å². The van der Waals surface area contributed by atoms with Crippen LogP contribution in [0, 0.1) is 0 Å². The molecule has 0 unspecified atom stereocenters. The minimum absolute atomic E-state index is 0.664. The number of fused-ring (bicyclic) bond motifs is 6. The number of guanidine groups is 1. The maximum Gasteiger partial charge on any atom is 0.222 e. The van der Waals surface area contributed by atoms with E-state index in [1.54, 1.807) is 0 Å². The van der Waals surface area contributed by atoms with E-state index < -0.39 is 0 Å². The van der Waals surface area contributed by atoms with Gasteiger partial charge in [-0.05, 0) is 41.8 Å².